The molecular weight excluding hydrogens is 272 g/mol. The van der Waals surface area contributed by atoms with E-state index in [-0.39, 0.29) is 12.1 Å². The highest BCUT2D eigenvalue weighted by Gasteiger charge is 2.38. The normalized spacial score (nSPS) is 29.9. The zero-order chi connectivity index (χ0) is 15.6. The molecule has 0 aromatic heterocycles. The predicted molar refractivity (Wildman–Crippen MR) is 78.2 cm³/mol. The Labute approximate surface area is 126 Å². The number of hydrogen-bond acceptors (Lipinski definition) is 3. The largest absolute Gasteiger partial charge is 0.480 e. The van der Waals surface area contributed by atoms with Gasteiger partial charge in [0.25, 0.3) is 0 Å². The highest BCUT2D eigenvalue weighted by atomic mass is 16.5. The second-order valence-corrected chi connectivity index (χ2v) is 6.75. The van der Waals surface area contributed by atoms with Crippen LogP contribution in [0.25, 0.3) is 0 Å². The Bertz CT molecular complexity index is 410. The van der Waals surface area contributed by atoms with Gasteiger partial charge in [0.05, 0.1) is 18.2 Å². The van der Waals surface area contributed by atoms with E-state index in [4.69, 9.17) is 4.74 Å². The minimum absolute atomic E-state index is 0.0343. The fraction of sp³-hybridized carbons (Fsp3) is 0.867. The van der Waals surface area contributed by atoms with Crippen molar-refractivity contribution >= 4 is 12.0 Å². The standard InChI is InChI=1S/C15H26N2O4/c1-11-9-16(10-15(2,3)21-11)14(20)17-8-6-4-5-7-12(17)13(18)19/h11-12H,4-10H2,1-3H3,(H,18,19). The number of hydrogen-bond donors (Lipinski definition) is 1. The number of urea groups is 1. The summed E-state index contributed by atoms with van der Waals surface area (Å²) in [4.78, 5) is 27.5. The van der Waals surface area contributed by atoms with Crippen LogP contribution in [0, 0.1) is 0 Å². The number of rotatable bonds is 1. The summed E-state index contributed by atoms with van der Waals surface area (Å²) in [7, 11) is 0. The van der Waals surface area contributed by atoms with Crippen LogP contribution in [0.15, 0.2) is 0 Å². The molecule has 6 nitrogen and oxygen atoms in total. The molecule has 2 unspecified atom stereocenters. The molecule has 2 fully saturated rings. The number of ether oxygens (including phenoxy) is 1. The SMILES string of the molecule is CC1CN(C(=O)N2CCCCCC2C(=O)O)CC(C)(C)O1. The van der Waals surface area contributed by atoms with E-state index in [2.05, 4.69) is 0 Å². The zero-order valence-electron chi connectivity index (χ0n) is 13.2. The number of carbonyl (C=O) groups is 2. The highest BCUT2D eigenvalue weighted by molar-refractivity contribution is 5.83. The summed E-state index contributed by atoms with van der Waals surface area (Å²) in [5.74, 6) is -0.897. The van der Waals surface area contributed by atoms with Crippen molar-refractivity contribution in [3.05, 3.63) is 0 Å². The van der Waals surface area contributed by atoms with Crippen molar-refractivity contribution in [2.45, 2.75) is 64.2 Å². The van der Waals surface area contributed by atoms with Crippen molar-refractivity contribution in [1.29, 1.82) is 0 Å². The fourth-order valence-corrected chi connectivity index (χ4v) is 3.38. The van der Waals surface area contributed by atoms with Crippen molar-refractivity contribution in [1.82, 2.24) is 9.80 Å². The van der Waals surface area contributed by atoms with Crippen LogP contribution < -0.4 is 0 Å². The second-order valence-electron chi connectivity index (χ2n) is 6.75. The van der Waals surface area contributed by atoms with Crippen LogP contribution in [-0.4, -0.2) is 64.3 Å². The highest BCUT2D eigenvalue weighted by Crippen LogP contribution is 2.24. The summed E-state index contributed by atoms with van der Waals surface area (Å²) in [5.41, 5.74) is -0.391. The van der Waals surface area contributed by atoms with E-state index in [1.807, 2.05) is 20.8 Å². The van der Waals surface area contributed by atoms with E-state index in [1.54, 1.807) is 9.80 Å². The molecule has 0 spiro atoms. The van der Waals surface area contributed by atoms with Gasteiger partial charge in [-0.25, -0.2) is 9.59 Å². The predicted octanol–water partition coefficient (Wildman–Crippen LogP) is 1.93. The maximum absolute atomic E-state index is 12.8. The molecular formula is C15H26N2O4. The summed E-state index contributed by atoms with van der Waals surface area (Å²) in [6.07, 6.45) is 3.24. The molecule has 120 valence electrons. The number of aliphatic carboxylic acids is 1. The summed E-state index contributed by atoms with van der Waals surface area (Å²) in [6, 6.07) is -0.853. The number of carboxylic acids is 1. The number of carboxylic acid groups (broad SMARTS) is 1. The van der Waals surface area contributed by atoms with Crippen molar-refractivity contribution in [3.8, 4) is 0 Å². The first kappa shape index (κ1) is 16.1. The van der Waals surface area contributed by atoms with Gasteiger partial charge in [-0.1, -0.05) is 12.8 Å². The quantitative estimate of drug-likeness (QED) is 0.803. The third-order valence-electron chi connectivity index (χ3n) is 4.12. The zero-order valence-corrected chi connectivity index (χ0v) is 13.2. The van der Waals surface area contributed by atoms with Gasteiger partial charge in [-0.2, -0.15) is 0 Å². The van der Waals surface area contributed by atoms with E-state index in [9.17, 15) is 14.7 Å². The lowest BCUT2D eigenvalue weighted by atomic mass is 10.1. The van der Waals surface area contributed by atoms with Gasteiger partial charge in [0.2, 0.25) is 0 Å². The monoisotopic (exact) mass is 298 g/mol. The summed E-state index contributed by atoms with van der Waals surface area (Å²) in [6.45, 7) is 7.41. The number of amides is 2. The molecule has 2 atom stereocenters. The number of nitrogens with zero attached hydrogens (tertiary/aromatic N) is 2. The van der Waals surface area contributed by atoms with Crippen LogP contribution in [0.5, 0.6) is 0 Å². The molecule has 0 radical (unpaired) electrons. The number of likely N-dealkylation sites (tertiary alicyclic amines) is 1. The van der Waals surface area contributed by atoms with Gasteiger partial charge in [-0.05, 0) is 33.6 Å². The topological polar surface area (TPSA) is 70.1 Å². The average molecular weight is 298 g/mol. The molecule has 0 bridgehead atoms. The van der Waals surface area contributed by atoms with Gasteiger partial charge in [0.15, 0.2) is 0 Å². The maximum Gasteiger partial charge on any atom is 0.326 e. The lowest BCUT2D eigenvalue weighted by Crippen LogP contribution is -2.59. The van der Waals surface area contributed by atoms with Crippen LogP contribution in [0.1, 0.15) is 46.5 Å². The van der Waals surface area contributed by atoms with Gasteiger partial charge in [-0.3, -0.25) is 0 Å². The molecule has 0 aromatic carbocycles. The van der Waals surface area contributed by atoms with Crippen LogP contribution in [0.3, 0.4) is 0 Å². The number of carbonyl (C=O) groups excluding carboxylic acids is 1. The third kappa shape index (κ3) is 3.87. The Kier molecular flexibility index (Phi) is 4.76. The molecule has 2 saturated heterocycles. The van der Waals surface area contributed by atoms with Crippen LogP contribution in [0.2, 0.25) is 0 Å². The Balaban J connectivity index is 2.14. The first-order valence-corrected chi connectivity index (χ1v) is 7.76. The maximum atomic E-state index is 12.8. The molecule has 0 aliphatic carbocycles. The Morgan fingerprint density at radius 2 is 1.95 bits per heavy atom. The smallest absolute Gasteiger partial charge is 0.326 e. The molecule has 6 heteroatoms. The first-order valence-electron chi connectivity index (χ1n) is 7.76. The molecule has 2 heterocycles. The first-order chi connectivity index (χ1) is 9.80. The average Bonchev–Trinajstić information content (AvgIpc) is 2.60. The summed E-state index contributed by atoms with van der Waals surface area (Å²) >= 11 is 0. The lowest BCUT2D eigenvalue weighted by molar-refractivity contribution is -0.143. The molecule has 2 aliphatic rings. The van der Waals surface area contributed by atoms with E-state index in [1.165, 1.54) is 0 Å². The van der Waals surface area contributed by atoms with Crippen molar-refractivity contribution in [2.75, 3.05) is 19.6 Å². The van der Waals surface area contributed by atoms with Crippen LogP contribution in [-0.2, 0) is 9.53 Å². The summed E-state index contributed by atoms with van der Waals surface area (Å²) < 4.78 is 5.81. The lowest BCUT2D eigenvalue weighted by Gasteiger charge is -2.44. The summed E-state index contributed by atoms with van der Waals surface area (Å²) in [5, 5.41) is 9.40. The Morgan fingerprint density at radius 1 is 1.24 bits per heavy atom. The van der Waals surface area contributed by atoms with Gasteiger partial charge in [0.1, 0.15) is 6.04 Å². The Hall–Kier alpha value is -1.30. The fourth-order valence-electron chi connectivity index (χ4n) is 3.38. The van der Waals surface area contributed by atoms with Gasteiger partial charge in [0, 0.05) is 13.1 Å². The molecule has 21 heavy (non-hydrogen) atoms. The van der Waals surface area contributed by atoms with E-state index in [0.717, 1.165) is 19.3 Å². The van der Waals surface area contributed by atoms with Crippen molar-refractivity contribution in [3.63, 3.8) is 0 Å². The van der Waals surface area contributed by atoms with E-state index >= 15 is 0 Å². The molecule has 1 N–H and O–H groups in total. The minimum atomic E-state index is -0.897. The molecule has 2 amide bonds. The van der Waals surface area contributed by atoms with Crippen molar-refractivity contribution < 1.29 is 19.4 Å². The minimum Gasteiger partial charge on any atom is -0.480 e. The van der Waals surface area contributed by atoms with E-state index in [0.29, 0.717) is 26.1 Å². The van der Waals surface area contributed by atoms with Crippen LogP contribution in [0.4, 0.5) is 4.79 Å². The van der Waals surface area contributed by atoms with E-state index < -0.39 is 17.6 Å². The van der Waals surface area contributed by atoms with Crippen molar-refractivity contribution in [2.24, 2.45) is 0 Å². The van der Waals surface area contributed by atoms with Crippen LogP contribution >= 0.6 is 0 Å². The number of morpholine rings is 1. The van der Waals surface area contributed by atoms with Gasteiger partial charge in [-0.15, -0.1) is 0 Å². The Morgan fingerprint density at radius 3 is 2.57 bits per heavy atom. The molecule has 0 saturated carbocycles. The molecule has 2 aliphatic heterocycles. The second kappa shape index (κ2) is 6.22. The molecule has 2 rings (SSSR count). The van der Waals surface area contributed by atoms with Gasteiger partial charge < -0.3 is 19.6 Å². The van der Waals surface area contributed by atoms with Gasteiger partial charge >= 0.3 is 12.0 Å². The third-order valence-corrected chi connectivity index (χ3v) is 4.12. The molecule has 0 aromatic rings.